The van der Waals surface area contributed by atoms with E-state index in [1.54, 1.807) is 54.7 Å². The van der Waals surface area contributed by atoms with Crippen molar-refractivity contribution in [1.82, 2.24) is 24.3 Å². The third-order valence-corrected chi connectivity index (χ3v) is 5.00. The molecule has 0 unspecified atom stereocenters. The molecule has 0 aliphatic heterocycles. The fourth-order valence-corrected chi connectivity index (χ4v) is 3.29. The number of hydrogen-bond donors (Lipinski definition) is 2. The fourth-order valence-electron chi connectivity index (χ4n) is 3.17. The number of aryl methyl sites for hydroxylation is 1. The summed E-state index contributed by atoms with van der Waals surface area (Å²) in [5.74, 6) is -0.253. The van der Waals surface area contributed by atoms with E-state index in [9.17, 15) is 14.3 Å². The minimum Gasteiger partial charge on any atom is -0.394 e. The van der Waals surface area contributed by atoms with Crippen LogP contribution < -0.4 is 10.9 Å². The summed E-state index contributed by atoms with van der Waals surface area (Å²) in [4.78, 5) is 21.4. The number of nitrogens with one attached hydrogen (secondary N) is 1. The maximum atomic E-state index is 13.8. The van der Waals surface area contributed by atoms with Gasteiger partial charge in [-0.3, -0.25) is 9.48 Å². The Kier molecular flexibility index (Phi) is 5.79. The first-order chi connectivity index (χ1) is 14.9. The minimum absolute atomic E-state index is 0.0254. The largest absolute Gasteiger partial charge is 0.394 e. The fraction of sp³-hybridized carbons (Fsp3) is 0.143. The average Bonchev–Trinajstić information content (AvgIpc) is 3.17. The molecule has 0 saturated heterocycles. The van der Waals surface area contributed by atoms with Crippen LogP contribution in [0.15, 0.2) is 66.0 Å². The SMILES string of the molecule is Cn1cc(Nc2nccc(-c3ccn([C@H](CO)c4ccc(Cl)c(F)c4)c(=O)c3)n2)cn1. The zero-order valence-electron chi connectivity index (χ0n) is 16.4. The molecule has 4 rings (SSSR count). The molecule has 158 valence electrons. The van der Waals surface area contributed by atoms with Gasteiger partial charge in [0.15, 0.2) is 0 Å². The lowest BCUT2D eigenvalue weighted by atomic mass is 10.1. The molecule has 2 N–H and O–H groups in total. The number of pyridine rings is 1. The van der Waals surface area contributed by atoms with Crippen LogP contribution in [0, 0.1) is 5.82 Å². The number of hydrogen-bond acceptors (Lipinski definition) is 6. The highest BCUT2D eigenvalue weighted by Gasteiger charge is 2.16. The highest BCUT2D eigenvalue weighted by molar-refractivity contribution is 6.30. The smallest absolute Gasteiger partial charge is 0.251 e. The van der Waals surface area contributed by atoms with Gasteiger partial charge in [0.05, 0.1) is 35.2 Å². The molecule has 0 bridgehead atoms. The van der Waals surface area contributed by atoms with Crippen LogP contribution in [-0.2, 0) is 7.05 Å². The van der Waals surface area contributed by atoms with Crippen molar-refractivity contribution >= 4 is 23.2 Å². The van der Waals surface area contributed by atoms with Crippen LogP contribution in [0.5, 0.6) is 0 Å². The summed E-state index contributed by atoms with van der Waals surface area (Å²) in [6.45, 7) is -0.382. The lowest BCUT2D eigenvalue weighted by molar-refractivity contribution is 0.247. The van der Waals surface area contributed by atoms with Gasteiger partial charge < -0.3 is 15.0 Å². The Balaban J connectivity index is 1.63. The van der Waals surface area contributed by atoms with Crippen molar-refractivity contribution in [3.8, 4) is 11.3 Å². The molecule has 8 nitrogen and oxygen atoms in total. The number of aliphatic hydroxyl groups excluding tert-OH is 1. The second-order valence-corrected chi connectivity index (χ2v) is 7.23. The molecule has 0 amide bonds. The van der Waals surface area contributed by atoms with Crippen LogP contribution in [0.3, 0.4) is 0 Å². The summed E-state index contributed by atoms with van der Waals surface area (Å²) in [6.07, 6.45) is 6.55. The molecule has 10 heteroatoms. The summed E-state index contributed by atoms with van der Waals surface area (Å²) in [5.41, 5.74) is 1.92. The highest BCUT2D eigenvalue weighted by Crippen LogP contribution is 2.23. The van der Waals surface area contributed by atoms with E-state index in [0.29, 0.717) is 22.8 Å². The molecule has 3 heterocycles. The first-order valence-corrected chi connectivity index (χ1v) is 9.69. The first-order valence-electron chi connectivity index (χ1n) is 9.31. The Morgan fingerprint density at radius 3 is 2.77 bits per heavy atom. The van der Waals surface area contributed by atoms with Crippen molar-refractivity contribution in [2.24, 2.45) is 7.05 Å². The van der Waals surface area contributed by atoms with Gasteiger partial charge >= 0.3 is 0 Å². The lowest BCUT2D eigenvalue weighted by Gasteiger charge is -2.18. The van der Waals surface area contributed by atoms with Crippen LogP contribution in [0.2, 0.25) is 5.02 Å². The Morgan fingerprint density at radius 1 is 1.26 bits per heavy atom. The van der Waals surface area contributed by atoms with Crippen LogP contribution >= 0.6 is 11.6 Å². The number of aromatic nitrogens is 5. The number of anilines is 2. The van der Waals surface area contributed by atoms with E-state index in [1.165, 1.54) is 22.8 Å². The van der Waals surface area contributed by atoms with Crippen molar-refractivity contribution in [1.29, 1.82) is 0 Å². The summed E-state index contributed by atoms with van der Waals surface area (Å²) in [5, 5.41) is 16.9. The van der Waals surface area contributed by atoms with E-state index in [4.69, 9.17) is 11.6 Å². The topological polar surface area (TPSA) is 97.9 Å². The molecule has 0 aliphatic rings. The van der Waals surface area contributed by atoms with Gasteiger partial charge in [0, 0.05) is 37.3 Å². The van der Waals surface area contributed by atoms with Crippen molar-refractivity contribution < 1.29 is 9.50 Å². The van der Waals surface area contributed by atoms with Gasteiger partial charge in [0.2, 0.25) is 5.95 Å². The molecule has 0 aliphatic carbocycles. The van der Waals surface area contributed by atoms with Crippen molar-refractivity contribution in [2.75, 3.05) is 11.9 Å². The summed E-state index contributed by atoms with van der Waals surface area (Å²) in [7, 11) is 1.80. The molecule has 0 fully saturated rings. The Bertz CT molecular complexity index is 1290. The molecule has 0 saturated carbocycles. The molecular weight excluding hydrogens is 423 g/mol. The third-order valence-electron chi connectivity index (χ3n) is 4.70. The second kappa shape index (κ2) is 8.66. The molecule has 0 radical (unpaired) electrons. The zero-order valence-corrected chi connectivity index (χ0v) is 17.2. The Morgan fingerprint density at radius 2 is 2.10 bits per heavy atom. The predicted molar refractivity (Wildman–Crippen MR) is 115 cm³/mol. The summed E-state index contributed by atoms with van der Waals surface area (Å²) >= 11 is 5.73. The molecule has 3 aromatic heterocycles. The van der Waals surface area contributed by atoms with Crippen molar-refractivity contribution in [3.63, 3.8) is 0 Å². The monoisotopic (exact) mass is 440 g/mol. The van der Waals surface area contributed by atoms with Crippen LogP contribution in [-0.4, -0.2) is 36.0 Å². The molecular formula is C21H18ClFN6O2. The first kappa shape index (κ1) is 20.7. The minimum atomic E-state index is -0.749. The highest BCUT2D eigenvalue weighted by atomic mass is 35.5. The van der Waals surface area contributed by atoms with Gasteiger partial charge in [-0.1, -0.05) is 17.7 Å². The zero-order chi connectivity index (χ0) is 22.0. The van der Waals surface area contributed by atoms with E-state index >= 15 is 0 Å². The van der Waals surface area contributed by atoms with Gasteiger partial charge in [-0.05, 0) is 29.8 Å². The summed E-state index contributed by atoms with van der Waals surface area (Å²) in [6, 6.07) is 8.23. The van der Waals surface area contributed by atoms with Gasteiger partial charge in [-0.25, -0.2) is 14.4 Å². The summed E-state index contributed by atoms with van der Waals surface area (Å²) < 4.78 is 16.8. The molecule has 31 heavy (non-hydrogen) atoms. The lowest BCUT2D eigenvalue weighted by Crippen LogP contribution is -2.27. The number of aliphatic hydroxyl groups is 1. The van der Waals surface area contributed by atoms with Gasteiger partial charge in [-0.15, -0.1) is 0 Å². The molecule has 1 aromatic carbocycles. The van der Waals surface area contributed by atoms with Crippen molar-refractivity contribution in [3.05, 3.63) is 87.9 Å². The maximum absolute atomic E-state index is 13.8. The van der Waals surface area contributed by atoms with Crippen LogP contribution in [0.1, 0.15) is 11.6 Å². The van der Waals surface area contributed by atoms with E-state index in [1.807, 2.05) is 0 Å². The number of nitrogens with zero attached hydrogens (tertiary/aromatic N) is 5. The number of benzene rings is 1. The van der Waals surface area contributed by atoms with Gasteiger partial charge in [0.1, 0.15) is 5.82 Å². The van der Waals surface area contributed by atoms with Crippen molar-refractivity contribution in [2.45, 2.75) is 6.04 Å². The molecule has 0 spiro atoms. The van der Waals surface area contributed by atoms with E-state index < -0.39 is 11.9 Å². The Hall–Kier alpha value is -3.56. The second-order valence-electron chi connectivity index (χ2n) is 6.83. The van der Waals surface area contributed by atoms with Crippen LogP contribution in [0.25, 0.3) is 11.3 Å². The number of halogens is 2. The van der Waals surface area contributed by atoms with E-state index in [2.05, 4.69) is 20.4 Å². The maximum Gasteiger partial charge on any atom is 0.251 e. The molecule has 1 atom stereocenters. The molecule has 4 aromatic rings. The number of rotatable bonds is 6. The average molecular weight is 441 g/mol. The standard InChI is InChI=1S/C21H18ClFN6O2/c1-28-11-15(10-25-28)26-21-24-6-4-18(27-21)13-5-7-29(20(31)9-13)19(12-30)14-2-3-16(22)17(23)8-14/h2-11,19,30H,12H2,1H3,(H,24,26,27)/t19-/m1/s1. The third kappa shape index (κ3) is 4.47. The van der Waals surface area contributed by atoms with E-state index in [-0.39, 0.29) is 17.2 Å². The Labute approximate surface area is 181 Å². The van der Waals surface area contributed by atoms with Gasteiger partial charge in [-0.2, -0.15) is 5.10 Å². The predicted octanol–water partition coefficient (Wildman–Crippen LogP) is 3.16. The quantitative estimate of drug-likeness (QED) is 0.478. The van der Waals surface area contributed by atoms with E-state index in [0.717, 1.165) is 5.69 Å². The van der Waals surface area contributed by atoms with Gasteiger partial charge in [0.25, 0.3) is 5.56 Å². The normalized spacial score (nSPS) is 12.0. The van der Waals surface area contributed by atoms with Crippen LogP contribution in [0.4, 0.5) is 16.0 Å².